The van der Waals surface area contributed by atoms with Crippen LogP contribution >= 0.6 is 0 Å². The van der Waals surface area contributed by atoms with Crippen LogP contribution < -0.4 is 0 Å². The molecule has 3 rings (SSSR count). The van der Waals surface area contributed by atoms with Gasteiger partial charge in [-0.1, -0.05) is 45.6 Å². The Labute approximate surface area is 151 Å². The van der Waals surface area contributed by atoms with Crippen molar-refractivity contribution in [2.24, 2.45) is 28.6 Å². The number of hydrogen-bond donors (Lipinski definition) is 2. The van der Waals surface area contributed by atoms with Crippen LogP contribution in [0.2, 0.25) is 0 Å². The molecule has 140 valence electrons. The minimum atomic E-state index is -1.58. The summed E-state index contributed by atoms with van der Waals surface area (Å²) in [5.74, 6) is -0.200. The van der Waals surface area contributed by atoms with E-state index in [4.69, 9.17) is 4.74 Å². The van der Waals surface area contributed by atoms with E-state index in [0.29, 0.717) is 12.8 Å². The van der Waals surface area contributed by atoms with E-state index in [1.165, 1.54) is 7.11 Å². The minimum absolute atomic E-state index is 0.00504. The summed E-state index contributed by atoms with van der Waals surface area (Å²) in [6.07, 6.45) is 3.02. The van der Waals surface area contributed by atoms with E-state index in [2.05, 4.69) is 20.1 Å². The number of carbonyl (C=O) groups is 1. The zero-order valence-corrected chi connectivity index (χ0v) is 15.9. The van der Waals surface area contributed by atoms with Gasteiger partial charge >= 0.3 is 0 Å². The van der Waals surface area contributed by atoms with E-state index in [0.717, 1.165) is 18.4 Å². The van der Waals surface area contributed by atoms with Gasteiger partial charge in [-0.15, -0.1) is 0 Å². The molecular formula is C21H32O4. The summed E-state index contributed by atoms with van der Waals surface area (Å²) >= 11 is 0. The van der Waals surface area contributed by atoms with Crippen molar-refractivity contribution in [3.63, 3.8) is 0 Å². The van der Waals surface area contributed by atoms with Crippen molar-refractivity contribution in [3.8, 4) is 0 Å². The van der Waals surface area contributed by atoms with Crippen LogP contribution in [0.5, 0.6) is 0 Å². The fraction of sp³-hybridized carbons (Fsp3) is 0.762. The van der Waals surface area contributed by atoms with Gasteiger partial charge in [0.2, 0.25) is 0 Å². The average molecular weight is 348 g/mol. The molecule has 2 N–H and O–H groups in total. The highest BCUT2D eigenvalue weighted by Crippen LogP contribution is 2.70. The zero-order chi connectivity index (χ0) is 18.8. The predicted octanol–water partition coefficient (Wildman–Crippen LogP) is 2.89. The first kappa shape index (κ1) is 18.8. The third kappa shape index (κ3) is 1.96. The summed E-state index contributed by atoms with van der Waals surface area (Å²) in [6, 6.07) is 0. The van der Waals surface area contributed by atoms with E-state index in [1.54, 1.807) is 6.08 Å². The van der Waals surface area contributed by atoms with Crippen molar-refractivity contribution in [2.45, 2.75) is 64.3 Å². The lowest BCUT2D eigenvalue weighted by molar-refractivity contribution is -0.229. The number of ether oxygens (including phenoxy) is 1. The number of Topliss-reactive ketones (excluding diaryl/α,β-unsaturated/α-hetero) is 1. The summed E-state index contributed by atoms with van der Waals surface area (Å²) in [7, 11) is 1.53. The molecule has 0 saturated heterocycles. The molecule has 0 aromatic carbocycles. The predicted molar refractivity (Wildman–Crippen MR) is 96.9 cm³/mol. The van der Waals surface area contributed by atoms with Crippen LogP contribution in [0.25, 0.3) is 0 Å². The summed E-state index contributed by atoms with van der Waals surface area (Å²) in [6.45, 7) is 14.0. The lowest BCUT2D eigenvalue weighted by Gasteiger charge is -2.59. The zero-order valence-electron chi connectivity index (χ0n) is 15.9. The number of aliphatic hydroxyl groups excluding tert-OH is 1. The standard InChI is InChI=1S/C21H32O4/c1-7-12(2)15-10-17(22)19(5)13(3)8-9-20(14(15)4)11-16(25-6)18(23)21(19,20)24/h7,13-17,22,24H,1-2,8-11H2,3-6H3/t13?,14-,15-,16-,17+,19-,20-,21+/m0/s1. The first-order valence-corrected chi connectivity index (χ1v) is 9.40. The maximum atomic E-state index is 13.3. The van der Waals surface area contributed by atoms with Gasteiger partial charge in [0.1, 0.15) is 11.7 Å². The Hall–Kier alpha value is -0.970. The Morgan fingerprint density at radius 2 is 2.04 bits per heavy atom. The van der Waals surface area contributed by atoms with Crippen LogP contribution in [0.1, 0.15) is 46.5 Å². The quantitative estimate of drug-likeness (QED) is 0.770. The molecule has 3 fully saturated rings. The second kappa shape index (κ2) is 5.77. The van der Waals surface area contributed by atoms with E-state index in [-0.39, 0.29) is 23.5 Å². The van der Waals surface area contributed by atoms with Gasteiger partial charge in [0.25, 0.3) is 0 Å². The Kier molecular flexibility index (Phi) is 4.34. The van der Waals surface area contributed by atoms with Crippen LogP contribution in [0.3, 0.4) is 0 Å². The van der Waals surface area contributed by atoms with Gasteiger partial charge in [-0.2, -0.15) is 0 Å². The molecule has 0 aliphatic heterocycles. The molecule has 4 nitrogen and oxygen atoms in total. The second-order valence-electron chi connectivity index (χ2n) is 8.81. The molecule has 2 bridgehead atoms. The van der Waals surface area contributed by atoms with Gasteiger partial charge in [0.05, 0.1) is 6.10 Å². The number of rotatable bonds is 3. The maximum absolute atomic E-state index is 13.3. The lowest BCUT2D eigenvalue weighted by atomic mass is 9.46. The summed E-state index contributed by atoms with van der Waals surface area (Å²) in [5, 5.41) is 23.2. The van der Waals surface area contributed by atoms with Crippen molar-refractivity contribution in [3.05, 3.63) is 24.8 Å². The minimum Gasteiger partial charge on any atom is -0.392 e. The van der Waals surface area contributed by atoms with E-state index < -0.39 is 28.6 Å². The van der Waals surface area contributed by atoms with Crippen molar-refractivity contribution >= 4 is 5.78 Å². The van der Waals surface area contributed by atoms with Gasteiger partial charge in [0, 0.05) is 17.9 Å². The highest BCUT2D eigenvalue weighted by Gasteiger charge is 2.78. The van der Waals surface area contributed by atoms with Gasteiger partial charge in [-0.3, -0.25) is 4.79 Å². The Morgan fingerprint density at radius 1 is 1.40 bits per heavy atom. The summed E-state index contributed by atoms with van der Waals surface area (Å²) < 4.78 is 5.48. The first-order valence-electron chi connectivity index (χ1n) is 9.40. The van der Waals surface area contributed by atoms with Gasteiger partial charge < -0.3 is 14.9 Å². The summed E-state index contributed by atoms with van der Waals surface area (Å²) in [4.78, 5) is 13.3. The molecule has 0 aromatic heterocycles. The number of allylic oxidation sites excluding steroid dienone is 2. The number of methoxy groups -OCH3 is 1. The van der Waals surface area contributed by atoms with Crippen LogP contribution in [0.15, 0.2) is 24.8 Å². The first-order chi connectivity index (χ1) is 11.6. The monoisotopic (exact) mass is 348 g/mol. The molecular weight excluding hydrogens is 316 g/mol. The molecule has 0 amide bonds. The number of carbonyl (C=O) groups excluding carboxylic acids is 1. The van der Waals surface area contributed by atoms with Crippen molar-refractivity contribution in [1.29, 1.82) is 0 Å². The normalized spacial score (nSPS) is 52.4. The number of aliphatic hydroxyl groups is 2. The average Bonchev–Trinajstić information content (AvgIpc) is 2.83. The Bertz CT molecular complexity index is 613. The van der Waals surface area contributed by atoms with E-state index in [9.17, 15) is 15.0 Å². The molecule has 1 unspecified atom stereocenters. The smallest absolute Gasteiger partial charge is 0.194 e. The molecule has 3 saturated carbocycles. The third-order valence-corrected chi connectivity index (χ3v) is 8.41. The molecule has 8 atom stereocenters. The molecule has 0 radical (unpaired) electrons. The number of ketones is 1. The van der Waals surface area contributed by atoms with Crippen molar-refractivity contribution in [2.75, 3.05) is 7.11 Å². The number of hydrogen-bond acceptors (Lipinski definition) is 4. The maximum Gasteiger partial charge on any atom is 0.194 e. The molecule has 0 heterocycles. The van der Waals surface area contributed by atoms with Gasteiger partial charge in [-0.05, 0) is 43.4 Å². The van der Waals surface area contributed by atoms with E-state index >= 15 is 0 Å². The van der Waals surface area contributed by atoms with Gasteiger partial charge in [-0.25, -0.2) is 0 Å². The fourth-order valence-electron chi connectivity index (χ4n) is 6.47. The largest absolute Gasteiger partial charge is 0.392 e. The highest BCUT2D eigenvalue weighted by molar-refractivity contribution is 5.96. The Balaban J connectivity index is 2.28. The molecule has 4 heteroatoms. The highest BCUT2D eigenvalue weighted by atomic mass is 16.5. The topological polar surface area (TPSA) is 66.8 Å². The van der Waals surface area contributed by atoms with Crippen molar-refractivity contribution < 1.29 is 19.7 Å². The second-order valence-corrected chi connectivity index (χ2v) is 8.81. The molecule has 0 aromatic rings. The SMILES string of the molecule is C=CC(=C)[C@@H]1C[C@@H](O)[C@]2(C)C(C)CC[C@]3(C[C@H](OC)C(=O)[C@]32O)[C@H]1C. The third-order valence-electron chi connectivity index (χ3n) is 8.41. The van der Waals surface area contributed by atoms with Crippen molar-refractivity contribution in [1.82, 2.24) is 0 Å². The van der Waals surface area contributed by atoms with Crippen LogP contribution in [0.4, 0.5) is 0 Å². The molecule has 25 heavy (non-hydrogen) atoms. The fourth-order valence-corrected chi connectivity index (χ4v) is 6.47. The summed E-state index contributed by atoms with van der Waals surface area (Å²) in [5.41, 5.74) is -2.19. The van der Waals surface area contributed by atoms with Gasteiger partial charge in [0.15, 0.2) is 5.78 Å². The molecule has 3 aliphatic rings. The Morgan fingerprint density at radius 3 is 2.60 bits per heavy atom. The molecule has 3 aliphatic carbocycles. The van der Waals surface area contributed by atoms with E-state index in [1.807, 2.05) is 13.8 Å². The lowest BCUT2D eigenvalue weighted by Crippen LogP contribution is -2.69. The van der Waals surface area contributed by atoms with Crippen LogP contribution in [0, 0.1) is 28.6 Å². The molecule has 0 spiro atoms. The van der Waals surface area contributed by atoms with Crippen LogP contribution in [-0.2, 0) is 9.53 Å². The van der Waals surface area contributed by atoms with Crippen LogP contribution in [-0.4, -0.2) is 40.9 Å².